The Morgan fingerprint density at radius 1 is 0.717 bits per heavy atom. The first-order valence-corrected chi connectivity index (χ1v) is 14.7. The van der Waals surface area contributed by atoms with Gasteiger partial charge in [0.05, 0.1) is 17.5 Å². The van der Waals surface area contributed by atoms with E-state index in [2.05, 4.69) is 0 Å². The summed E-state index contributed by atoms with van der Waals surface area (Å²) < 4.78 is 72.8. The van der Waals surface area contributed by atoms with E-state index in [0.717, 1.165) is 4.90 Å². The standard InChI is InChI=1S/C32H19Cl2F5N2O5/c33-31-12-17-14(10-11-16-19(17)28(44)40(27(16)43)13-6-2-1-3-7-13)20(15-8-4-5-9-18(15)42)32(31,34)30(46)41(29(31)45)26-24(38)22(36)21(35)23(37)25(26)39/h1-10,16-17,19-20,42H,11-12H2. The molecule has 14 heteroatoms. The number of benzene rings is 3. The topological polar surface area (TPSA) is 95.0 Å². The molecule has 0 spiro atoms. The molecule has 0 bridgehead atoms. The van der Waals surface area contributed by atoms with E-state index in [1.165, 1.54) is 24.3 Å². The summed E-state index contributed by atoms with van der Waals surface area (Å²) in [7, 11) is 0. The van der Waals surface area contributed by atoms with Gasteiger partial charge in [-0.05, 0) is 37.0 Å². The highest BCUT2D eigenvalue weighted by Crippen LogP contribution is 2.66. The highest BCUT2D eigenvalue weighted by molar-refractivity contribution is 6.58. The second kappa shape index (κ2) is 10.1. The number of fused-ring (bicyclic) bond motifs is 4. The normalized spacial score (nSPS) is 30.4. The minimum Gasteiger partial charge on any atom is -0.508 e. The highest BCUT2D eigenvalue weighted by Gasteiger charge is 2.77. The van der Waals surface area contributed by atoms with Gasteiger partial charge in [0.25, 0.3) is 11.8 Å². The van der Waals surface area contributed by atoms with Crippen LogP contribution in [0.3, 0.4) is 0 Å². The predicted octanol–water partition coefficient (Wildman–Crippen LogP) is 5.86. The van der Waals surface area contributed by atoms with Gasteiger partial charge in [0.2, 0.25) is 17.6 Å². The number of para-hydroxylation sites is 2. The van der Waals surface area contributed by atoms with Crippen molar-refractivity contribution >= 4 is 58.2 Å². The van der Waals surface area contributed by atoms with Gasteiger partial charge in [0, 0.05) is 11.5 Å². The Morgan fingerprint density at radius 2 is 1.30 bits per heavy atom. The zero-order chi connectivity index (χ0) is 33.0. The summed E-state index contributed by atoms with van der Waals surface area (Å²) in [4.78, 5) is 51.3. The number of nitrogens with zero attached hydrogens (tertiary/aromatic N) is 2. The molecular weight excluding hydrogens is 658 g/mol. The predicted molar refractivity (Wildman–Crippen MR) is 153 cm³/mol. The number of amides is 4. The maximum atomic E-state index is 15.1. The summed E-state index contributed by atoms with van der Waals surface area (Å²) >= 11 is 14.1. The Bertz CT molecular complexity index is 1910. The van der Waals surface area contributed by atoms with Crippen molar-refractivity contribution in [1.82, 2.24) is 0 Å². The second-order valence-electron chi connectivity index (χ2n) is 11.6. The number of phenolic OH excluding ortho intramolecular Hbond substituents is 1. The fraction of sp³-hybridized carbons (Fsp3) is 0.250. The van der Waals surface area contributed by atoms with E-state index in [4.69, 9.17) is 23.2 Å². The Kier molecular flexibility index (Phi) is 6.67. The molecule has 2 aliphatic heterocycles. The largest absolute Gasteiger partial charge is 0.508 e. The molecule has 236 valence electrons. The van der Waals surface area contributed by atoms with E-state index in [0.29, 0.717) is 5.69 Å². The van der Waals surface area contributed by atoms with Gasteiger partial charge in [-0.15, -0.1) is 23.2 Å². The van der Waals surface area contributed by atoms with Crippen LogP contribution in [-0.2, 0) is 19.2 Å². The van der Waals surface area contributed by atoms with Gasteiger partial charge in [-0.3, -0.25) is 24.1 Å². The first-order chi connectivity index (χ1) is 21.8. The molecule has 7 nitrogen and oxygen atoms in total. The van der Waals surface area contributed by atoms with Crippen LogP contribution in [0.25, 0.3) is 0 Å². The molecule has 2 aliphatic carbocycles. The van der Waals surface area contributed by atoms with Crippen molar-refractivity contribution in [3.63, 3.8) is 0 Å². The summed E-state index contributed by atoms with van der Waals surface area (Å²) in [5.41, 5.74) is -1.40. The van der Waals surface area contributed by atoms with Crippen LogP contribution in [0.15, 0.2) is 66.2 Å². The van der Waals surface area contributed by atoms with E-state index >= 15 is 8.78 Å². The molecule has 6 atom stereocenters. The lowest BCUT2D eigenvalue weighted by atomic mass is 9.56. The van der Waals surface area contributed by atoms with Crippen molar-refractivity contribution in [1.29, 1.82) is 0 Å². The van der Waals surface area contributed by atoms with Crippen LogP contribution in [0, 0.1) is 46.8 Å². The molecule has 3 fully saturated rings. The second-order valence-corrected chi connectivity index (χ2v) is 12.8. The van der Waals surface area contributed by atoms with Crippen molar-refractivity contribution in [2.24, 2.45) is 17.8 Å². The molecule has 4 aliphatic rings. The molecule has 4 amide bonds. The molecule has 6 unspecified atom stereocenters. The van der Waals surface area contributed by atoms with Crippen LogP contribution in [-0.4, -0.2) is 38.5 Å². The summed E-state index contributed by atoms with van der Waals surface area (Å²) in [6.07, 6.45) is 0.912. The monoisotopic (exact) mass is 676 g/mol. The van der Waals surface area contributed by atoms with Crippen molar-refractivity contribution in [2.75, 3.05) is 9.80 Å². The molecule has 3 aromatic rings. The van der Waals surface area contributed by atoms with Gasteiger partial charge in [0.15, 0.2) is 33.0 Å². The van der Waals surface area contributed by atoms with Gasteiger partial charge in [-0.1, -0.05) is 48.0 Å². The molecule has 0 radical (unpaired) electrons. The summed E-state index contributed by atoms with van der Waals surface area (Å²) in [6, 6.07) is 13.6. The average molecular weight is 677 g/mol. The highest BCUT2D eigenvalue weighted by atomic mass is 35.5. The molecular formula is C32H19Cl2F5N2O5. The van der Waals surface area contributed by atoms with Gasteiger partial charge in [0.1, 0.15) is 11.4 Å². The first-order valence-electron chi connectivity index (χ1n) is 14.0. The van der Waals surface area contributed by atoms with E-state index in [-0.39, 0.29) is 22.5 Å². The molecule has 1 N–H and O–H groups in total. The number of rotatable bonds is 3. The number of halogens is 7. The number of imide groups is 2. The number of phenols is 1. The molecule has 3 aromatic carbocycles. The van der Waals surface area contributed by atoms with Crippen LogP contribution in [0.5, 0.6) is 5.75 Å². The smallest absolute Gasteiger partial charge is 0.258 e. The SMILES string of the molecule is O=C1C2CC=C3C(CC4(Cl)C(=O)N(c5c(F)c(F)c(F)c(F)c5F)C(=O)C4(Cl)C3c3ccccc3O)C2C(=O)N1c1ccccc1. The fourth-order valence-corrected chi connectivity index (χ4v) is 8.40. The third-order valence-electron chi connectivity index (χ3n) is 9.48. The quantitative estimate of drug-likeness (QED) is 0.0938. The summed E-state index contributed by atoms with van der Waals surface area (Å²) in [6.45, 7) is 0. The van der Waals surface area contributed by atoms with Crippen molar-refractivity contribution in [2.45, 2.75) is 28.5 Å². The van der Waals surface area contributed by atoms with E-state index < -0.39 is 104 Å². The zero-order valence-corrected chi connectivity index (χ0v) is 24.6. The lowest BCUT2D eigenvalue weighted by molar-refractivity contribution is -0.125. The van der Waals surface area contributed by atoms with Crippen LogP contribution >= 0.6 is 23.2 Å². The first kappa shape index (κ1) is 30.4. The lowest BCUT2D eigenvalue weighted by Gasteiger charge is -2.50. The van der Waals surface area contributed by atoms with Crippen LogP contribution in [0.1, 0.15) is 24.3 Å². The number of carbonyl (C=O) groups is 4. The number of alkyl halides is 2. The van der Waals surface area contributed by atoms with Crippen molar-refractivity contribution in [3.05, 3.63) is 101 Å². The molecule has 46 heavy (non-hydrogen) atoms. The minimum atomic E-state index is -2.70. The maximum absolute atomic E-state index is 15.1. The van der Waals surface area contributed by atoms with E-state index in [1.807, 2.05) is 0 Å². The van der Waals surface area contributed by atoms with Crippen LogP contribution in [0.2, 0.25) is 0 Å². The molecule has 1 saturated carbocycles. The Morgan fingerprint density at radius 3 is 1.93 bits per heavy atom. The fourth-order valence-electron chi connectivity index (χ4n) is 7.48. The third kappa shape index (κ3) is 3.65. The van der Waals surface area contributed by atoms with Gasteiger partial charge >= 0.3 is 0 Å². The number of anilines is 2. The molecule has 2 heterocycles. The Balaban J connectivity index is 1.44. The lowest BCUT2D eigenvalue weighted by Crippen LogP contribution is -2.60. The van der Waals surface area contributed by atoms with Gasteiger partial charge < -0.3 is 5.11 Å². The van der Waals surface area contributed by atoms with Crippen LogP contribution < -0.4 is 9.80 Å². The number of hydrogen-bond acceptors (Lipinski definition) is 5. The average Bonchev–Trinajstić information content (AvgIpc) is 3.38. The number of aromatic hydroxyl groups is 1. The van der Waals surface area contributed by atoms with Crippen molar-refractivity contribution < 1.29 is 46.2 Å². The van der Waals surface area contributed by atoms with Gasteiger partial charge in [-0.2, -0.15) is 0 Å². The third-order valence-corrected chi connectivity index (χ3v) is 10.9. The number of carbonyl (C=O) groups excluding carboxylic acids is 4. The van der Waals surface area contributed by atoms with Crippen LogP contribution in [0.4, 0.5) is 33.3 Å². The number of hydrogen-bond donors (Lipinski definition) is 1. The zero-order valence-electron chi connectivity index (χ0n) is 23.1. The summed E-state index contributed by atoms with van der Waals surface area (Å²) in [5.74, 6) is -21.8. The minimum absolute atomic E-state index is 0.0136. The molecule has 0 aromatic heterocycles. The number of allylic oxidation sites excluding steroid dienone is 2. The van der Waals surface area contributed by atoms with E-state index in [1.54, 1.807) is 36.4 Å². The molecule has 2 saturated heterocycles. The maximum Gasteiger partial charge on any atom is 0.258 e. The summed E-state index contributed by atoms with van der Waals surface area (Å²) in [5, 5.41) is 10.9. The Hall–Kier alpha value is -4.29. The van der Waals surface area contributed by atoms with E-state index in [9.17, 15) is 37.5 Å². The molecule has 7 rings (SSSR count). The van der Waals surface area contributed by atoms with Crippen molar-refractivity contribution in [3.8, 4) is 5.75 Å². The Labute approximate surface area is 266 Å². The van der Waals surface area contributed by atoms with Gasteiger partial charge in [-0.25, -0.2) is 26.9 Å².